The third kappa shape index (κ3) is 2.65. The van der Waals surface area contributed by atoms with Crippen molar-refractivity contribution in [2.45, 2.75) is 20.8 Å². The van der Waals surface area contributed by atoms with Crippen LogP contribution in [0.1, 0.15) is 21.6 Å². The Morgan fingerprint density at radius 2 is 2.05 bits per heavy atom. The standard InChI is InChI=1S/C16H16N4OS/c1-9-4-5-13(21)12(6-9)7-19-20-15-14-10(2)11(3)22-16(14)18-8-17-15/h4-8,21H,1-3H3,(H,17,18,20)/b19-7+. The van der Waals surface area contributed by atoms with Crippen molar-refractivity contribution in [3.05, 3.63) is 46.1 Å². The van der Waals surface area contributed by atoms with E-state index in [-0.39, 0.29) is 5.75 Å². The number of phenols is 1. The number of aryl methyl sites for hydroxylation is 3. The summed E-state index contributed by atoms with van der Waals surface area (Å²) in [5, 5.41) is 15.0. The van der Waals surface area contributed by atoms with E-state index in [1.165, 1.54) is 11.2 Å². The number of anilines is 1. The van der Waals surface area contributed by atoms with Crippen molar-refractivity contribution in [1.82, 2.24) is 9.97 Å². The molecule has 22 heavy (non-hydrogen) atoms. The molecule has 112 valence electrons. The number of nitrogens with one attached hydrogen (secondary N) is 1. The maximum Gasteiger partial charge on any atom is 0.158 e. The first kappa shape index (κ1) is 14.5. The summed E-state index contributed by atoms with van der Waals surface area (Å²) in [5.41, 5.74) is 5.84. The van der Waals surface area contributed by atoms with Gasteiger partial charge in [0.05, 0.1) is 11.6 Å². The van der Waals surface area contributed by atoms with Gasteiger partial charge in [0.25, 0.3) is 0 Å². The van der Waals surface area contributed by atoms with Crippen LogP contribution in [-0.4, -0.2) is 21.3 Å². The number of aromatic nitrogens is 2. The van der Waals surface area contributed by atoms with Gasteiger partial charge in [0.1, 0.15) is 16.9 Å². The van der Waals surface area contributed by atoms with Gasteiger partial charge < -0.3 is 5.11 Å². The molecule has 0 bridgehead atoms. The van der Waals surface area contributed by atoms with Crippen molar-refractivity contribution < 1.29 is 5.11 Å². The molecule has 0 radical (unpaired) electrons. The molecule has 0 atom stereocenters. The Morgan fingerprint density at radius 3 is 2.86 bits per heavy atom. The summed E-state index contributed by atoms with van der Waals surface area (Å²) in [4.78, 5) is 10.7. The number of aromatic hydroxyl groups is 1. The van der Waals surface area contributed by atoms with Crippen molar-refractivity contribution >= 4 is 33.6 Å². The van der Waals surface area contributed by atoms with Crippen molar-refractivity contribution in [3.8, 4) is 5.75 Å². The summed E-state index contributed by atoms with van der Waals surface area (Å²) in [5.74, 6) is 0.877. The van der Waals surface area contributed by atoms with Gasteiger partial charge >= 0.3 is 0 Å². The first-order valence-electron chi connectivity index (χ1n) is 6.85. The lowest BCUT2D eigenvalue weighted by Gasteiger charge is -2.03. The van der Waals surface area contributed by atoms with Crippen LogP contribution in [-0.2, 0) is 0 Å². The Hall–Kier alpha value is -2.47. The topological polar surface area (TPSA) is 70.4 Å². The number of phenolic OH excluding ortho intramolecular Hbond substituents is 1. The molecule has 3 aromatic rings. The third-order valence-corrected chi connectivity index (χ3v) is 4.64. The smallest absolute Gasteiger partial charge is 0.158 e. The first-order chi connectivity index (χ1) is 10.6. The van der Waals surface area contributed by atoms with Crippen molar-refractivity contribution in [1.29, 1.82) is 0 Å². The lowest BCUT2D eigenvalue weighted by Crippen LogP contribution is -1.96. The Kier molecular flexibility index (Phi) is 3.77. The third-order valence-electron chi connectivity index (χ3n) is 3.52. The van der Waals surface area contributed by atoms with E-state index < -0.39 is 0 Å². The van der Waals surface area contributed by atoms with Crippen LogP contribution in [0.5, 0.6) is 5.75 Å². The Labute approximate surface area is 132 Å². The van der Waals surface area contributed by atoms with Gasteiger partial charge in [0.2, 0.25) is 0 Å². The lowest BCUT2D eigenvalue weighted by atomic mass is 10.1. The van der Waals surface area contributed by atoms with Crippen LogP contribution in [0.3, 0.4) is 0 Å². The number of rotatable bonds is 3. The van der Waals surface area contributed by atoms with Crippen LogP contribution >= 0.6 is 11.3 Å². The van der Waals surface area contributed by atoms with Crippen LogP contribution in [0.25, 0.3) is 10.2 Å². The molecule has 0 aliphatic rings. The van der Waals surface area contributed by atoms with Gasteiger partial charge in [-0.05, 0) is 38.5 Å². The van der Waals surface area contributed by atoms with Gasteiger partial charge in [-0.2, -0.15) is 5.10 Å². The number of nitrogens with zero attached hydrogens (tertiary/aromatic N) is 3. The zero-order valence-corrected chi connectivity index (χ0v) is 13.4. The monoisotopic (exact) mass is 312 g/mol. The number of hydrogen-bond acceptors (Lipinski definition) is 6. The highest BCUT2D eigenvalue weighted by Gasteiger charge is 2.11. The molecule has 3 rings (SSSR count). The molecule has 0 aliphatic heterocycles. The SMILES string of the molecule is Cc1ccc(O)c(/C=N/Nc2ncnc3sc(C)c(C)c23)c1. The van der Waals surface area contributed by atoms with E-state index >= 15 is 0 Å². The van der Waals surface area contributed by atoms with E-state index in [4.69, 9.17) is 0 Å². The first-order valence-corrected chi connectivity index (χ1v) is 7.67. The van der Waals surface area contributed by atoms with Gasteiger partial charge in [0, 0.05) is 10.4 Å². The van der Waals surface area contributed by atoms with E-state index in [9.17, 15) is 5.11 Å². The van der Waals surface area contributed by atoms with Crippen molar-refractivity contribution in [2.24, 2.45) is 5.10 Å². The second-order valence-electron chi connectivity index (χ2n) is 5.12. The fraction of sp³-hybridized carbons (Fsp3) is 0.188. The predicted molar refractivity (Wildman–Crippen MR) is 90.9 cm³/mol. The summed E-state index contributed by atoms with van der Waals surface area (Å²) in [6, 6.07) is 5.38. The van der Waals surface area contributed by atoms with Crippen molar-refractivity contribution in [2.75, 3.05) is 5.43 Å². The normalized spacial score (nSPS) is 11.4. The minimum Gasteiger partial charge on any atom is -0.507 e. The van der Waals surface area contributed by atoms with Crippen LogP contribution in [0.15, 0.2) is 29.6 Å². The zero-order chi connectivity index (χ0) is 15.7. The average molecular weight is 312 g/mol. The highest BCUT2D eigenvalue weighted by atomic mass is 32.1. The number of hydrazone groups is 1. The molecule has 0 unspecified atom stereocenters. The van der Waals surface area contributed by atoms with E-state index in [1.807, 2.05) is 19.1 Å². The molecule has 0 aliphatic carbocycles. The largest absolute Gasteiger partial charge is 0.507 e. The molecule has 0 spiro atoms. The van der Waals surface area contributed by atoms with Gasteiger partial charge in [-0.3, -0.25) is 5.43 Å². The molecule has 0 amide bonds. The molecule has 2 heterocycles. The minimum atomic E-state index is 0.201. The van der Waals surface area contributed by atoms with Gasteiger partial charge in [-0.25, -0.2) is 9.97 Å². The maximum atomic E-state index is 9.81. The summed E-state index contributed by atoms with van der Waals surface area (Å²) < 4.78 is 0. The van der Waals surface area contributed by atoms with Crippen LogP contribution in [0.2, 0.25) is 0 Å². The van der Waals surface area contributed by atoms with E-state index in [0.717, 1.165) is 21.3 Å². The molecular weight excluding hydrogens is 296 g/mol. The maximum absolute atomic E-state index is 9.81. The Morgan fingerprint density at radius 1 is 1.23 bits per heavy atom. The van der Waals surface area contributed by atoms with E-state index in [1.54, 1.807) is 23.6 Å². The number of benzene rings is 1. The molecular formula is C16H16N4OS. The Balaban J connectivity index is 1.91. The molecule has 5 nitrogen and oxygen atoms in total. The summed E-state index contributed by atoms with van der Waals surface area (Å²) in [6.07, 6.45) is 3.12. The molecule has 0 fully saturated rings. The molecule has 0 saturated carbocycles. The molecule has 1 aromatic carbocycles. The van der Waals surface area contributed by atoms with Crippen molar-refractivity contribution in [3.63, 3.8) is 0 Å². The number of thiophene rings is 1. The fourth-order valence-corrected chi connectivity index (χ4v) is 3.20. The molecule has 2 aromatic heterocycles. The van der Waals surface area contributed by atoms with Crippen LogP contribution < -0.4 is 5.43 Å². The minimum absolute atomic E-state index is 0.201. The lowest BCUT2D eigenvalue weighted by molar-refractivity contribution is 0.474. The summed E-state index contributed by atoms with van der Waals surface area (Å²) in [6.45, 7) is 6.09. The second kappa shape index (κ2) is 5.73. The molecule has 2 N–H and O–H groups in total. The predicted octanol–water partition coefficient (Wildman–Crippen LogP) is 3.77. The highest BCUT2D eigenvalue weighted by molar-refractivity contribution is 7.18. The quantitative estimate of drug-likeness (QED) is 0.570. The number of hydrogen-bond donors (Lipinski definition) is 2. The molecule has 6 heteroatoms. The van der Waals surface area contributed by atoms with E-state index in [0.29, 0.717) is 11.4 Å². The van der Waals surface area contributed by atoms with Crippen LogP contribution in [0.4, 0.5) is 5.82 Å². The summed E-state index contributed by atoms with van der Waals surface area (Å²) in [7, 11) is 0. The van der Waals surface area contributed by atoms with Gasteiger partial charge in [-0.15, -0.1) is 11.3 Å². The Bertz CT molecular complexity index is 870. The number of fused-ring (bicyclic) bond motifs is 1. The molecule has 0 saturated heterocycles. The highest BCUT2D eigenvalue weighted by Crippen LogP contribution is 2.32. The average Bonchev–Trinajstić information content (AvgIpc) is 2.79. The van der Waals surface area contributed by atoms with E-state index in [2.05, 4.69) is 34.3 Å². The fourth-order valence-electron chi connectivity index (χ4n) is 2.21. The zero-order valence-electron chi connectivity index (χ0n) is 12.6. The second-order valence-corrected chi connectivity index (χ2v) is 6.32. The van der Waals surface area contributed by atoms with Gasteiger partial charge in [-0.1, -0.05) is 11.6 Å². The van der Waals surface area contributed by atoms with Gasteiger partial charge in [0.15, 0.2) is 5.82 Å². The van der Waals surface area contributed by atoms with Crippen LogP contribution in [0, 0.1) is 20.8 Å². The summed E-state index contributed by atoms with van der Waals surface area (Å²) >= 11 is 1.64.